The van der Waals surface area contributed by atoms with E-state index in [9.17, 15) is 0 Å². The van der Waals surface area contributed by atoms with Gasteiger partial charge in [0.2, 0.25) is 0 Å². The normalized spacial score (nSPS) is 13.0. The van der Waals surface area contributed by atoms with Gasteiger partial charge in [-0.15, -0.1) is 22.9 Å². The van der Waals surface area contributed by atoms with Crippen LogP contribution in [0.15, 0.2) is 10.5 Å². The first-order valence-electron chi connectivity index (χ1n) is 5.74. The largest absolute Gasteiger partial charge is 0.126 e. The molecule has 0 aliphatic heterocycles. The molecule has 0 aromatic carbocycles. The Bertz CT molecular complexity index is 292. The molecule has 1 heterocycles. The van der Waals surface area contributed by atoms with Crippen molar-refractivity contribution in [1.29, 1.82) is 0 Å². The summed E-state index contributed by atoms with van der Waals surface area (Å²) in [4.78, 5) is 1.18. The summed E-state index contributed by atoms with van der Waals surface area (Å²) in [5.41, 5.74) is 0. The van der Waals surface area contributed by atoms with Crippen LogP contribution >= 0.6 is 50.5 Å². The summed E-state index contributed by atoms with van der Waals surface area (Å²) in [5.74, 6) is 0. The van der Waals surface area contributed by atoms with Crippen LogP contribution in [0.25, 0.3) is 0 Å². The fraction of sp³-hybridized carbons (Fsp3) is 0.667. The summed E-state index contributed by atoms with van der Waals surface area (Å²) in [6.07, 6.45) is 7.50. The molecule has 1 atom stereocenters. The van der Waals surface area contributed by atoms with Gasteiger partial charge >= 0.3 is 0 Å². The lowest BCUT2D eigenvalue weighted by molar-refractivity contribution is 0.603. The maximum Gasteiger partial charge on any atom is 0.107 e. The van der Waals surface area contributed by atoms with E-state index in [-0.39, 0.29) is 5.38 Å². The third-order valence-corrected chi connectivity index (χ3v) is 5.71. The minimum absolute atomic E-state index is 0.121. The highest BCUT2D eigenvalue weighted by Crippen LogP contribution is 2.39. The van der Waals surface area contributed by atoms with Crippen LogP contribution < -0.4 is 0 Å². The van der Waals surface area contributed by atoms with Crippen molar-refractivity contribution in [2.24, 2.45) is 0 Å². The van der Waals surface area contributed by atoms with Gasteiger partial charge < -0.3 is 0 Å². The molecule has 16 heavy (non-hydrogen) atoms. The summed E-state index contributed by atoms with van der Waals surface area (Å²) >= 11 is 17.3. The van der Waals surface area contributed by atoms with Gasteiger partial charge in [-0.1, -0.05) is 50.6 Å². The maximum absolute atomic E-state index is 6.34. The molecule has 0 saturated heterocycles. The average molecular weight is 344 g/mol. The van der Waals surface area contributed by atoms with Crippen LogP contribution in [0.5, 0.6) is 0 Å². The van der Waals surface area contributed by atoms with Crippen LogP contribution in [0.2, 0.25) is 4.34 Å². The van der Waals surface area contributed by atoms with Gasteiger partial charge in [-0.05, 0) is 28.4 Å². The highest BCUT2D eigenvalue weighted by atomic mass is 79.9. The topological polar surface area (TPSA) is 0 Å². The van der Waals surface area contributed by atoms with Crippen molar-refractivity contribution >= 4 is 50.5 Å². The third-order valence-electron chi connectivity index (χ3n) is 2.53. The lowest BCUT2D eigenvalue weighted by atomic mass is 10.1. The second-order valence-corrected chi connectivity index (χ2v) is 7.01. The second kappa shape index (κ2) is 7.97. The minimum Gasteiger partial charge on any atom is -0.126 e. The molecule has 0 fully saturated rings. The highest BCUT2D eigenvalue weighted by Gasteiger charge is 2.12. The van der Waals surface area contributed by atoms with E-state index in [2.05, 4.69) is 22.9 Å². The third kappa shape index (κ3) is 4.95. The fourth-order valence-corrected chi connectivity index (χ4v) is 3.69. The van der Waals surface area contributed by atoms with Gasteiger partial charge in [0.1, 0.15) is 4.34 Å². The lowest BCUT2D eigenvalue weighted by Gasteiger charge is -2.06. The zero-order valence-electron chi connectivity index (χ0n) is 9.44. The molecule has 0 bridgehead atoms. The van der Waals surface area contributed by atoms with Crippen LogP contribution in [0.3, 0.4) is 0 Å². The smallest absolute Gasteiger partial charge is 0.107 e. The summed E-state index contributed by atoms with van der Waals surface area (Å²) in [6, 6.07) is 2.04. The molecule has 1 unspecified atom stereocenters. The number of halogens is 3. The molecule has 92 valence electrons. The Hall–Kier alpha value is 0.760. The van der Waals surface area contributed by atoms with Gasteiger partial charge in [0, 0.05) is 9.35 Å². The van der Waals surface area contributed by atoms with Crippen LogP contribution in [-0.2, 0) is 0 Å². The summed E-state index contributed by atoms with van der Waals surface area (Å²) < 4.78 is 1.76. The minimum atomic E-state index is 0.121. The first kappa shape index (κ1) is 14.8. The first-order valence-corrected chi connectivity index (χ1v) is 8.16. The van der Waals surface area contributed by atoms with Crippen LogP contribution in [0, 0.1) is 0 Å². The van der Waals surface area contributed by atoms with E-state index in [0.29, 0.717) is 0 Å². The van der Waals surface area contributed by atoms with Crippen molar-refractivity contribution in [2.45, 2.75) is 50.8 Å². The Morgan fingerprint density at radius 3 is 2.56 bits per heavy atom. The SMILES string of the molecule is CCCCCCCC(Cl)c1cc(Br)c(Cl)s1. The quantitative estimate of drug-likeness (QED) is 0.377. The van der Waals surface area contributed by atoms with Crippen LogP contribution in [-0.4, -0.2) is 0 Å². The summed E-state index contributed by atoms with van der Waals surface area (Å²) in [5, 5.41) is 0.121. The van der Waals surface area contributed by atoms with Gasteiger partial charge in [0.05, 0.1) is 5.38 Å². The van der Waals surface area contributed by atoms with Crippen LogP contribution in [0.4, 0.5) is 0 Å². The molecule has 0 N–H and O–H groups in total. The van der Waals surface area contributed by atoms with Crippen molar-refractivity contribution in [2.75, 3.05) is 0 Å². The number of hydrogen-bond acceptors (Lipinski definition) is 1. The number of hydrogen-bond donors (Lipinski definition) is 0. The highest BCUT2D eigenvalue weighted by molar-refractivity contribution is 9.10. The molecule has 0 nitrogen and oxygen atoms in total. The van der Waals surface area contributed by atoms with E-state index in [4.69, 9.17) is 23.2 Å². The molecule has 4 heteroatoms. The molecule has 0 aliphatic rings. The number of alkyl halides is 1. The number of rotatable bonds is 7. The zero-order valence-corrected chi connectivity index (χ0v) is 13.4. The van der Waals surface area contributed by atoms with Crippen molar-refractivity contribution in [3.8, 4) is 0 Å². The number of unbranched alkanes of at least 4 members (excludes halogenated alkanes) is 4. The lowest BCUT2D eigenvalue weighted by Crippen LogP contribution is -1.87. The first-order chi connectivity index (χ1) is 7.65. The van der Waals surface area contributed by atoms with Crippen molar-refractivity contribution in [3.63, 3.8) is 0 Å². The van der Waals surface area contributed by atoms with E-state index in [0.717, 1.165) is 15.2 Å². The Labute approximate surface area is 120 Å². The number of thiophene rings is 1. The van der Waals surface area contributed by atoms with E-state index >= 15 is 0 Å². The molecular weight excluding hydrogens is 327 g/mol. The average Bonchev–Trinajstić information content (AvgIpc) is 2.59. The molecule has 0 spiro atoms. The standard InChI is InChI=1S/C12H17BrCl2S/c1-2-3-4-5-6-7-10(14)11-8-9(13)12(15)16-11/h8,10H,2-7H2,1H3. The molecule has 0 aliphatic carbocycles. The fourth-order valence-electron chi connectivity index (χ4n) is 1.59. The van der Waals surface area contributed by atoms with Crippen molar-refractivity contribution in [1.82, 2.24) is 0 Å². The maximum atomic E-state index is 6.34. The predicted molar refractivity (Wildman–Crippen MR) is 79.0 cm³/mol. The Morgan fingerprint density at radius 2 is 2.00 bits per heavy atom. The van der Waals surface area contributed by atoms with E-state index in [1.807, 2.05) is 6.07 Å². The van der Waals surface area contributed by atoms with Gasteiger partial charge in [-0.3, -0.25) is 0 Å². The van der Waals surface area contributed by atoms with Crippen molar-refractivity contribution in [3.05, 3.63) is 19.8 Å². The summed E-state index contributed by atoms with van der Waals surface area (Å²) in [7, 11) is 0. The molecule has 0 radical (unpaired) electrons. The zero-order chi connectivity index (χ0) is 12.0. The van der Waals surface area contributed by atoms with Crippen molar-refractivity contribution < 1.29 is 0 Å². The summed E-state index contributed by atoms with van der Waals surface area (Å²) in [6.45, 7) is 2.23. The second-order valence-electron chi connectivity index (χ2n) is 3.94. The molecular formula is C12H17BrCl2S. The van der Waals surface area contributed by atoms with Gasteiger partial charge in [-0.2, -0.15) is 0 Å². The van der Waals surface area contributed by atoms with E-state index in [1.165, 1.54) is 37.0 Å². The molecule has 1 rings (SSSR count). The molecule has 1 aromatic heterocycles. The molecule has 1 aromatic rings. The van der Waals surface area contributed by atoms with Gasteiger partial charge in [-0.25, -0.2) is 0 Å². The van der Waals surface area contributed by atoms with E-state index < -0.39 is 0 Å². The monoisotopic (exact) mass is 342 g/mol. The van der Waals surface area contributed by atoms with Gasteiger partial charge in [0.25, 0.3) is 0 Å². The molecule has 0 amide bonds. The Balaban J connectivity index is 2.27. The Kier molecular flexibility index (Phi) is 7.38. The van der Waals surface area contributed by atoms with Gasteiger partial charge in [0.15, 0.2) is 0 Å². The van der Waals surface area contributed by atoms with E-state index in [1.54, 1.807) is 11.3 Å². The Morgan fingerprint density at radius 1 is 1.31 bits per heavy atom. The van der Waals surface area contributed by atoms with Crippen LogP contribution in [0.1, 0.15) is 55.7 Å². The predicted octanol–water partition coefficient (Wildman–Crippen LogP) is 6.80. The molecule has 0 saturated carbocycles.